The maximum Gasteiger partial charge on any atom is 0.142 e. The Labute approximate surface area is 122 Å². The summed E-state index contributed by atoms with van der Waals surface area (Å²) in [6.07, 6.45) is -0.396. The van der Waals surface area contributed by atoms with Gasteiger partial charge in [0.05, 0.1) is 12.1 Å². The number of ether oxygens (including phenoxy) is 2. The fraction of sp³-hybridized carbons (Fsp3) is 0.200. The van der Waals surface area contributed by atoms with E-state index in [1.165, 1.54) is 18.2 Å². The zero-order valence-corrected chi connectivity index (χ0v) is 11.7. The summed E-state index contributed by atoms with van der Waals surface area (Å²) < 4.78 is 24.2. The molecule has 5 heteroatoms. The molecule has 0 saturated carbocycles. The van der Waals surface area contributed by atoms with Crippen molar-refractivity contribution in [1.82, 2.24) is 0 Å². The molecule has 0 fully saturated rings. The molecule has 0 amide bonds. The fourth-order valence-electron chi connectivity index (χ4n) is 1.89. The van der Waals surface area contributed by atoms with E-state index in [4.69, 9.17) is 26.8 Å². The highest BCUT2D eigenvalue weighted by Gasteiger charge is 2.16. The van der Waals surface area contributed by atoms with Gasteiger partial charge in [0.1, 0.15) is 23.4 Å². The van der Waals surface area contributed by atoms with E-state index >= 15 is 0 Å². The lowest BCUT2D eigenvalue weighted by Crippen LogP contribution is -2.19. The first-order valence-corrected chi connectivity index (χ1v) is 6.48. The van der Waals surface area contributed by atoms with E-state index in [1.807, 2.05) is 24.3 Å². The van der Waals surface area contributed by atoms with Crippen molar-refractivity contribution in [2.75, 3.05) is 13.7 Å². The Kier molecular flexibility index (Phi) is 4.82. The van der Waals surface area contributed by atoms with Gasteiger partial charge in [-0.05, 0) is 18.2 Å². The Morgan fingerprint density at radius 2 is 2.00 bits per heavy atom. The Bertz CT molecular complexity index is 592. The van der Waals surface area contributed by atoms with Crippen LogP contribution in [0.3, 0.4) is 0 Å². The largest absolute Gasteiger partial charge is 0.496 e. The van der Waals surface area contributed by atoms with Gasteiger partial charge in [-0.25, -0.2) is 4.39 Å². The summed E-state index contributed by atoms with van der Waals surface area (Å²) in [7, 11) is 1.58. The third-order valence-corrected chi connectivity index (χ3v) is 3.16. The van der Waals surface area contributed by atoms with Crippen molar-refractivity contribution in [3.63, 3.8) is 0 Å². The summed E-state index contributed by atoms with van der Waals surface area (Å²) in [6.45, 7) is 0.259. The minimum atomic E-state index is -0.486. The van der Waals surface area contributed by atoms with E-state index in [1.54, 1.807) is 7.11 Å². The second-order valence-corrected chi connectivity index (χ2v) is 4.57. The monoisotopic (exact) mass is 295 g/mol. The van der Waals surface area contributed by atoms with Crippen LogP contribution in [0.25, 0.3) is 0 Å². The molecule has 1 unspecified atom stereocenters. The van der Waals surface area contributed by atoms with Crippen LogP contribution in [-0.2, 0) is 0 Å². The topological polar surface area (TPSA) is 44.5 Å². The molecule has 0 aliphatic rings. The van der Waals surface area contributed by atoms with Crippen molar-refractivity contribution < 1.29 is 13.9 Å². The lowest BCUT2D eigenvalue weighted by molar-refractivity contribution is 0.208. The maximum absolute atomic E-state index is 13.1. The predicted molar refractivity (Wildman–Crippen MR) is 76.8 cm³/mol. The van der Waals surface area contributed by atoms with Gasteiger partial charge in [0.2, 0.25) is 0 Å². The van der Waals surface area contributed by atoms with Crippen LogP contribution in [0.4, 0.5) is 4.39 Å². The van der Waals surface area contributed by atoms with Crippen molar-refractivity contribution in [2.45, 2.75) is 6.10 Å². The summed E-state index contributed by atoms with van der Waals surface area (Å²) >= 11 is 5.73. The van der Waals surface area contributed by atoms with Gasteiger partial charge in [-0.1, -0.05) is 29.8 Å². The molecule has 1 atom stereocenters. The van der Waals surface area contributed by atoms with Crippen molar-refractivity contribution in [3.8, 4) is 11.5 Å². The Morgan fingerprint density at radius 1 is 1.25 bits per heavy atom. The van der Waals surface area contributed by atoms with Gasteiger partial charge in [0.25, 0.3) is 0 Å². The molecule has 0 aromatic heterocycles. The normalized spacial score (nSPS) is 12.0. The van der Waals surface area contributed by atoms with Gasteiger partial charge < -0.3 is 15.2 Å². The van der Waals surface area contributed by atoms with E-state index in [0.717, 1.165) is 5.56 Å². The van der Waals surface area contributed by atoms with Gasteiger partial charge in [0, 0.05) is 18.2 Å². The van der Waals surface area contributed by atoms with Crippen LogP contribution in [0.5, 0.6) is 11.5 Å². The summed E-state index contributed by atoms with van der Waals surface area (Å²) in [6, 6.07) is 11.6. The van der Waals surface area contributed by atoms with E-state index in [9.17, 15) is 4.39 Å². The minimum Gasteiger partial charge on any atom is -0.496 e. The molecular formula is C15H15ClFNO2. The van der Waals surface area contributed by atoms with Crippen molar-refractivity contribution in [1.29, 1.82) is 0 Å². The van der Waals surface area contributed by atoms with Crippen molar-refractivity contribution >= 4 is 11.6 Å². The second kappa shape index (κ2) is 6.59. The second-order valence-electron chi connectivity index (χ2n) is 4.16. The Hall–Kier alpha value is -1.78. The number of rotatable bonds is 5. The Morgan fingerprint density at radius 3 is 2.65 bits per heavy atom. The van der Waals surface area contributed by atoms with E-state index in [0.29, 0.717) is 11.5 Å². The SMILES string of the molecule is COc1ccccc1C(CN)Oc1ccc(F)c(Cl)c1. The van der Waals surface area contributed by atoms with E-state index in [-0.39, 0.29) is 11.6 Å². The summed E-state index contributed by atoms with van der Waals surface area (Å²) in [5, 5.41) is 0.0123. The van der Waals surface area contributed by atoms with Crippen LogP contribution >= 0.6 is 11.6 Å². The molecule has 2 aromatic carbocycles. The minimum absolute atomic E-state index is 0.0123. The molecule has 0 spiro atoms. The predicted octanol–water partition coefficient (Wildman–Crippen LogP) is 3.57. The number of halogens is 2. The van der Waals surface area contributed by atoms with Crippen LogP contribution in [0.1, 0.15) is 11.7 Å². The number of hydrogen-bond acceptors (Lipinski definition) is 3. The van der Waals surface area contributed by atoms with Gasteiger partial charge in [-0.15, -0.1) is 0 Å². The number of benzene rings is 2. The number of nitrogens with two attached hydrogens (primary N) is 1. The summed E-state index contributed by atoms with van der Waals surface area (Å²) in [4.78, 5) is 0. The molecule has 0 saturated heterocycles. The first kappa shape index (κ1) is 14.6. The average molecular weight is 296 g/mol. The van der Waals surface area contributed by atoms with Gasteiger partial charge >= 0.3 is 0 Å². The van der Waals surface area contributed by atoms with Crippen LogP contribution in [-0.4, -0.2) is 13.7 Å². The zero-order chi connectivity index (χ0) is 14.5. The van der Waals surface area contributed by atoms with Crippen LogP contribution in [0.15, 0.2) is 42.5 Å². The summed E-state index contributed by atoms with van der Waals surface area (Å²) in [5.41, 5.74) is 6.59. The lowest BCUT2D eigenvalue weighted by atomic mass is 10.1. The molecule has 2 N–H and O–H groups in total. The lowest BCUT2D eigenvalue weighted by Gasteiger charge is -2.20. The molecule has 20 heavy (non-hydrogen) atoms. The molecule has 0 aliphatic heterocycles. The smallest absolute Gasteiger partial charge is 0.142 e. The van der Waals surface area contributed by atoms with E-state index in [2.05, 4.69) is 0 Å². The fourth-order valence-corrected chi connectivity index (χ4v) is 2.06. The van der Waals surface area contributed by atoms with Gasteiger partial charge in [-0.2, -0.15) is 0 Å². The van der Waals surface area contributed by atoms with E-state index < -0.39 is 11.9 Å². The van der Waals surface area contributed by atoms with Crippen LogP contribution in [0.2, 0.25) is 5.02 Å². The number of hydrogen-bond donors (Lipinski definition) is 1. The average Bonchev–Trinajstić information content (AvgIpc) is 2.48. The molecule has 3 nitrogen and oxygen atoms in total. The molecule has 0 radical (unpaired) electrons. The molecule has 0 bridgehead atoms. The quantitative estimate of drug-likeness (QED) is 0.917. The Balaban J connectivity index is 2.26. The molecule has 0 heterocycles. The standard InChI is InChI=1S/C15H15ClFNO2/c1-19-14-5-3-2-4-11(14)15(9-18)20-10-6-7-13(17)12(16)8-10/h2-8,15H,9,18H2,1H3. The van der Waals surface area contributed by atoms with Crippen molar-refractivity contribution in [3.05, 3.63) is 58.9 Å². The molecule has 106 valence electrons. The highest BCUT2D eigenvalue weighted by Crippen LogP contribution is 2.30. The highest BCUT2D eigenvalue weighted by atomic mass is 35.5. The summed E-state index contributed by atoms with van der Waals surface area (Å²) in [5.74, 6) is 0.662. The van der Waals surface area contributed by atoms with Crippen molar-refractivity contribution in [2.24, 2.45) is 5.73 Å². The third kappa shape index (κ3) is 3.21. The van der Waals surface area contributed by atoms with Gasteiger partial charge in [0.15, 0.2) is 0 Å². The highest BCUT2D eigenvalue weighted by molar-refractivity contribution is 6.30. The first-order chi connectivity index (χ1) is 9.65. The molecule has 2 aromatic rings. The molecule has 2 rings (SSSR count). The van der Waals surface area contributed by atoms with Gasteiger partial charge in [-0.3, -0.25) is 0 Å². The molecular weight excluding hydrogens is 281 g/mol. The van der Waals surface area contributed by atoms with Crippen LogP contribution in [0, 0.1) is 5.82 Å². The van der Waals surface area contributed by atoms with Crippen LogP contribution < -0.4 is 15.2 Å². The number of para-hydroxylation sites is 1. The first-order valence-electron chi connectivity index (χ1n) is 6.10. The number of methoxy groups -OCH3 is 1. The molecule has 0 aliphatic carbocycles. The third-order valence-electron chi connectivity index (χ3n) is 2.87. The zero-order valence-electron chi connectivity index (χ0n) is 11.0. The maximum atomic E-state index is 13.1.